The monoisotopic (exact) mass is 344 g/mol. The summed E-state index contributed by atoms with van der Waals surface area (Å²) in [6.07, 6.45) is 3.75. The van der Waals surface area contributed by atoms with E-state index >= 15 is 0 Å². The molecule has 0 aliphatic heterocycles. The van der Waals surface area contributed by atoms with Crippen molar-refractivity contribution in [2.75, 3.05) is 7.11 Å². The first kappa shape index (κ1) is 15.9. The molecular weight excluding hydrogens is 323 g/mol. The molecule has 0 spiro atoms. The molecule has 0 aromatic heterocycles. The molecule has 1 saturated carbocycles. The van der Waals surface area contributed by atoms with Crippen molar-refractivity contribution in [2.45, 2.75) is 50.7 Å². The zero-order valence-corrected chi connectivity index (χ0v) is 13.6. The van der Waals surface area contributed by atoms with E-state index in [0.29, 0.717) is 12.3 Å². The molecule has 1 N–H and O–H groups in total. The van der Waals surface area contributed by atoms with Crippen LogP contribution in [0.1, 0.15) is 38.2 Å². The molecule has 1 fully saturated rings. The average Bonchev–Trinajstić information content (AvgIpc) is 2.42. The molecule has 4 heteroatoms. The highest BCUT2D eigenvalue weighted by molar-refractivity contribution is 9.10. The first-order valence-corrected chi connectivity index (χ1v) is 7.93. The largest absolute Gasteiger partial charge is 0.390 e. The number of rotatable bonds is 4. The molecule has 112 valence electrons. The smallest absolute Gasteiger partial charge is 0.123 e. The van der Waals surface area contributed by atoms with Gasteiger partial charge in [-0.05, 0) is 42.5 Å². The van der Waals surface area contributed by atoms with Gasteiger partial charge in [0.2, 0.25) is 0 Å². The zero-order valence-electron chi connectivity index (χ0n) is 12.0. The van der Waals surface area contributed by atoms with Gasteiger partial charge in [0.05, 0.1) is 11.7 Å². The van der Waals surface area contributed by atoms with Crippen LogP contribution >= 0.6 is 15.9 Å². The molecule has 2 nitrogen and oxygen atoms in total. The summed E-state index contributed by atoms with van der Waals surface area (Å²) in [5, 5.41) is 10.6. The van der Waals surface area contributed by atoms with Crippen LogP contribution in [-0.4, -0.2) is 23.9 Å². The first-order chi connectivity index (χ1) is 9.47. The lowest BCUT2D eigenvalue weighted by Gasteiger charge is -2.42. The summed E-state index contributed by atoms with van der Waals surface area (Å²) in [7, 11) is 1.67. The molecule has 0 saturated heterocycles. The van der Waals surface area contributed by atoms with E-state index in [-0.39, 0.29) is 5.82 Å². The number of benzene rings is 1. The Labute approximate surface area is 128 Å². The molecule has 1 aliphatic rings. The van der Waals surface area contributed by atoms with Crippen molar-refractivity contribution < 1.29 is 14.2 Å². The molecule has 0 radical (unpaired) electrons. The van der Waals surface area contributed by atoms with Crippen LogP contribution in [0.5, 0.6) is 0 Å². The lowest BCUT2D eigenvalue weighted by atomic mass is 9.74. The van der Waals surface area contributed by atoms with E-state index < -0.39 is 11.7 Å². The number of hydrogen-bond donors (Lipinski definition) is 1. The molecule has 0 heterocycles. The van der Waals surface area contributed by atoms with Gasteiger partial charge >= 0.3 is 0 Å². The van der Waals surface area contributed by atoms with Crippen LogP contribution < -0.4 is 0 Å². The van der Waals surface area contributed by atoms with Gasteiger partial charge in [-0.15, -0.1) is 0 Å². The predicted octanol–water partition coefficient (Wildman–Crippen LogP) is 4.09. The van der Waals surface area contributed by atoms with Gasteiger partial charge < -0.3 is 9.84 Å². The second-order valence-corrected chi connectivity index (χ2v) is 6.78. The van der Waals surface area contributed by atoms with Gasteiger partial charge in [0.15, 0.2) is 0 Å². The molecule has 2 rings (SSSR count). The average molecular weight is 345 g/mol. The number of aliphatic hydroxyl groups excluding tert-OH is 1. The molecule has 1 aromatic carbocycles. The van der Waals surface area contributed by atoms with Gasteiger partial charge in [0.1, 0.15) is 5.82 Å². The van der Waals surface area contributed by atoms with Crippen LogP contribution in [0, 0.1) is 11.7 Å². The molecular formula is C16H22BrFO2. The van der Waals surface area contributed by atoms with E-state index in [2.05, 4.69) is 22.9 Å². The van der Waals surface area contributed by atoms with Crippen LogP contribution in [0.2, 0.25) is 0 Å². The van der Waals surface area contributed by atoms with Crippen molar-refractivity contribution in [3.63, 3.8) is 0 Å². The third kappa shape index (κ3) is 3.41. The van der Waals surface area contributed by atoms with Gasteiger partial charge in [0.25, 0.3) is 0 Å². The van der Waals surface area contributed by atoms with Gasteiger partial charge in [-0.1, -0.05) is 35.7 Å². The van der Waals surface area contributed by atoms with Crippen LogP contribution in [0.25, 0.3) is 0 Å². The summed E-state index contributed by atoms with van der Waals surface area (Å²) in [6, 6.07) is 4.57. The highest BCUT2D eigenvalue weighted by Gasteiger charge is 2.41. The summed E-state index contributed by atoms with van der Waals surface area (Å²) in [6.45, 7) is 2.19. The van der Waals surface area contributed by atoms with Crippen LogP contribution in [0.3, 0.4) is 0 Å². The van der Waals surface area contributed by atoms with E-state index in [9.17, 15) is 9.50 Å². The second-order valence-electron chi connectivity index (χ2n) is 5.93. The fourth-order valence-corrected chi connectivity index (χ4v) is 3.67. The van der Waals surface area contributed by atoms with E-state index in [4.69, 9.17) is 4.74 Å². The van der Waals surface area contributed by atoms with Gasteiger partial charge in [-0.3, -0.25) is 0 Å². The topological polar surface area (TPSA) is 29.5 Å². The number of halogens is 2. The van der Waals surface area contributed by atoms with E-state index in [1.165, 1.54) is 18.6 Å². The van der Waals surface area contributed by atoms with Gasteiger partial charge in [-0.2, -0.15) is 0 Å². The Balaban J connectivity index is 2.16. The number of hydrogen-bond acceptors (Lipinski definition) is 2. The minimum absolute atomic E-state index is 0.279. The van der Waals surface area contributed by atoms with Gasteiger partial charge in [-0.25, -0.2) is 4.39 Å². The molecule has 1 aliphatic carbocycles. The minimum Gasteiger partial charge on any atom is -0.390 e. The lowest BCUT2D eigenvalue weighted by molar-refractivity contribution is -0.131. The third-order valence-corrected chi connectivity index (χ3v) is 5.20. The summed E-state index contributed by atoms with van der Waals surface area (Å²) >= 11 is 3.42. The Morgan fingerprint density at radius 3 is 2.95 bits per heavy atom. The highest BCUT2D eigenvalue weighted by Crippen LogP contribution is 2.38. The quantitative estimate of drug-likeness (QED) is 0.891. The van der Waals surface area contributed by atoms with E-state index in [1.54, 1.807) is 13.2 Å². The fraction of sp³-hybridized carbons (Fsp3) is 0.625. The normalized spacial score (nSPS) is 28.4. The third-order valence-electron chi connectivity index (χ3n) is 4.43. The van der Waals surface area contributed by atoms with Crippen LogP contribution in [-0.2, 0) is 11.2 Å². The standard InChI is InChI=1S/C16H22BrFO2/c1-11-4-3-7-16(10-11,20-2)15(19)9-12-8-13(18)5-6-14(12)17/h5-6,8,11,15,19H,3-4,7,9-10H2,1-2H3. The van der Waals surface area contributed by atoms with Crippen molar-refractivity contribution >= 4 is 15.9 Å². The fourth-order valence-electron chi connectivity index (χ4n) is 3.26. The van der Waals surface area contributed by atoms with Crippen molar-refractivity contribution in [1.29, 1.82) is 0 Å². The van der Waals surface area contributed by atoms with Crippen molar-refractivity contribution in [3.8, 4) is 0 Å². The van der Waals surface area contributed by atoms with Crippen LogP contribution in [0.4, 0.5) is 4.39 Å². The van der Waals surface area contributed by atoms with Crippen molar-refractivity contribution in [1.82, 2.24) is 0 Å². The Morgan fingerprint density at radius 1 is 1.55 bits per heavy atom. The minimum atomic E-state index is -0.617. The number of methoxy groups -OCH3 is 1. The highest BCUT2D eigenvalue weighted by atomic mass is 79.9. The molecule has 1 aromatic rings. The Morgan fingerprint density at radius 2 is 2.30 bits per heavy atom. The maximum absolute atomic E-state index is 13.3. The van der Waals surface area contributed by atoms with E-state index in [0.717, 1.165) is 29.3 Å². The summed E-state index contributed by atoms with van der Waals surface area (Å²) in [5.74, 6) is 0.271. The Bertz CT molecular complexity index is 466. The SMILES string of the molecule is COC1(C(O)Cc2cc(F)ccc2Br)CCCC(C)C1. The summed E-state index contributed by atoms with van der Waals surface area (Å²) < 4.78 is 19.9. The van der Waals surface area contributed by atoms with E-state index in [1.807, 2.05) is 0 Å². The molecule has 0 bridgehead atoms. The maximum Gasteiger partial charge on any atom is 0.123 e. The summed E-state index contributed by atoms with van der Waals surface area (Å²) in [4.78, 5) is 0. The number of ether oxygens (including phenoxy) is 1. The van der Waals surface area contributed by atoms with Crippen molar-refractivity contribution in [3.05, 3.63) is 34.1 Å². The number of aliphatic hydroxyl groups is 1. The second kappa shape index (κ2) is 6.54. The Kier molecular flexibility index (Phi) is 5.21. The van der Waals surface area contributed by atoms with Crippen molar-refractivity contribution in [2.24, 2.45) is 5.92 Å². The molecule has 20 heavy (non-hydrogen) atoms. The predicted molar refractivity (Wildman–Crippen MR) is 81.2 cm³/mol. The lowest BCUT2D eigenvalue weighted by Crippen LogP contribution is -2.48. The van der Waals surface area contributed by atoms with Crippen LogP contribution in [0.15, 0.2) is 22.7 Å². The Hall–Kier alpha value is -0.450. The first-order valence-electron chi connectivity index (χ1n) is 7.14. The molecule has 0 amide bonds. The maximum atomic E-state index is 13.3. The van der Waals surface area contributed by atoms with Gasteiger partial charge in [0, 0.05) is 18.0 Å². The summed E-state index contributed by atoms with van der Waals surface area (Å²) in [5.41, 5.74) is 0.288. The molecule has 3 unspecified atom stereocenters. The zero-order chi connectivity index (χ0) is 14.8. The molecule has 3 atom stereocenters.